The zero-order valence-electron chi connectivity index (χ0n) is 10.6. The van der Waals surface area contributed by atoms with Crippen LogP contribution in [0.3, 0.4) is 0 Å². The minimum Gasteiger partial charge on any atom is -0.398 e. The van der Waals surface area contributed by atoms with Gasteiger partial charge < -0.3 is 5.73 Å². The van der Waals surface area contributed by atoms with E-state index in [0.29, 0.717) is 6.04 Å². The molecule has 0 amide bonds. The Bertz CT molecular complexity index is 386. The average Bonchev–Trinajstić information content (AvgIpc) is 3.06. The van der Waals surface area contributed by atoms with E-state index in [0.717, 1.165) is 28.7 Å². The Balaban J connectivity index is 2.07. The van der Waals surface area contributed by atoms with Crippen molar-refractivity contribution in [2.24, 2.45) is 5.92 Å². The average molecular weight is 253 g/mol. The summed E-state index contributed by atoms with van der Waals surface area (Å²) in [5, 5.41) is 0.768. The molecule has 1 aromatic rings. The highest BCUT2D eigenvalue weighted by atomic mass is 35.5. The van der Waals surface area contributed by atoms with Crippen LogP contribution in [-0.2, 0) is 6.54 Å². The van der Waals surface area contributed by atoms with E-state index >= 15 is 0 Å². The summed E-state index contributed by atoms with van der Waals surface area (Å²) in [6.07, 6.45) is 2.77. The molecule has 0 aromatic heterocycles. The maximum Gasteiger partial charge on any atom is 0.0410 e. The van der Waals surface area contributed by atoms with E-state index in [1.165, 1.54) is 19.4 Å². The lowest BCUT2D eigenvalue weighted by Gasteiger charge is -2.27. The number of nitrogens with zero attached hydrogens (tertiary/aromatic N) is 1. The van der Waals surface area contributed by atoms with Gasteiger partial charge in [-0.3, -0.25) is 4.90 Å². The number of rotatable bonds is 5. The molecule has 0 radical (unpaired) electrons. The molecule has 1 fully saturated rings. The van der Waals surface area contributed by atoms with Crippen LogP contribution in [0.15, 0.2) is 18.2 Å². The van der Waals surface area contributed by atoms with Gasteiger partial charge in [0.15, 0.2) is 0 Å². The molecule has 94 valence electrons. The van der Waals surface area contributed by atoms with Crippen molar-refractivity contribution in [1.82, 2.24) is 4.90 Å². The number of hydrogen-bond acceptors (Lipinski definition) is 2. The molecule has 0 aliphatic heterocycles. The number of nitrogens with two attached hydrogens (primary N) is 1. The van der Waals surface area contributed by atoms with Crippen LogP contribution in [0, 0.1) is 5.92 Å². The number of halogens is 1. The summed E-state index contributed by atoms with van der Waals surface area (Å²) in [5.74, 6) is 0.901. The molecule has 0 bridgehead atoms. The van der Waals surface area contributed by atoms with Gasteiger partial charge >= 0.3 is 0 Å². The van der Waals surface area contributed by atoms with E-state index in [1.807, 2.05) is 18.2 Å². The lowest BCUT2D eigenvalue weighted by Crippen LogP contribution is -2.32. The molecule has 17 heavy (non-hydrogen) atoms. The van der Waals surface area contributed by atoms with Gasteiger partial charge in [0.1, 0.15) is 0 Å². The minimum atomic E-state index is 0.550. The normalized spacial score (nSPS) is 15.8. The molecular formula is C14H21ClN2. The van der Waals surface area contributed by atoms with Crippen molar-refractivity contribution in [2.75, 3.05) is 12.3 Å². The molecule has 1 aliphatic rings. The topological polar surface area (TPSA) is 29.3 Å². The maximum atomic E-state index is 6.02. The van der Waals surface area contributed by atoms with Gasteiger partial charge in [0.25, 0.3) is 0 Å². The summed E-state index contributed by atoms with van der Waals surface area (Å²) in [4.78, 5) is 2.49. The van der Waals surface area contributed by atoms with E-state index in [1.54, 1.807) is 0 Å². The third-order valence-corrected chi connectivity index (χ3v) is 3.63. The first-order valence-corrected chi connectivity index (χ1v) is 6.72. The second-order valence-corrected chi connectivity index (χ2v) is 5.75. The van der Waals surface area contributed by atoms with E-state index in [4.69, 9.17) is 17.3 Å². The van der Waals surface area contributed by atoms with E-state index in [-0.39, 0.29) is 0 Å². The number of hydrogen-bond donors (Lipinski definition) is 1. The van der Waals surface area contributed by atoms with Gasteiger partial charge in [-0.05, 0) is 56.4 Å². The summed E-state index contributed by atoms with van der Waals surface area (Å²) in [6.45, 7) is 6.57. The third kappa shape index (κ3) is 3.62. The number of anilines is 1. The van der Waals surface area contributed by atoms with Crippen molar-refractivity contribution in [2.45, 2.75) is 39.3 Å². The predicted octanol–water partition coefficient (Wildman–Crippen LogP) is 3.54. The summed E-state index contributed by atoms with van der Waals surface area (Å²) in [7, 11) is 0. The molecule has 2 nitrogen and oxygen atoms in total. The van der Waals surface area contributed by atoms with E-state index in [2.05, 4.69) is 18.7 Å². The Kier molecular flexibility index (Phi) is 3.95. The van der Waals surface area contributed by atoms with Gasteiger partial charge in [-0.2, -0.15) is 0 Å². The van der Waals surface area contributed by atoms with Crippen molar-refractivity contribution >= 4 is 17.3 Å². The van der Waals surface area contributed by atoms with Crippen molar-refractivity contribution < 1.29 is 0 Å². The highest BCUT2D eigenvalue weighted by Gasteiger charge is 2.25. The molecule has 3 heteroatoms. The summed E-state index contributed by atoms with van der Waals surface area (Å²) < 4.78 is 0. The van der Waals surface area contributed by atoms with Crippen molar-refractivity contribution in [1.29, 1.82) is 0 Å². The Hall–Kier alpha value is -0.730. The Morgan fingerprint density at radius 2 is 2.12 bits per heavy atom. The highest BCUT2D eigenvalue weighted by Crippen LogP contribution is 2.31. The highest BCUT2D eigenvalue weighted by molar-refractivity contribution is 6.30. The van der Waals surface area contributed by atoms with Crippen molar-refractivity contribution in [3.05, 3.63) is 28.8 Å². The fraction of sp³-hybridized carbons (Fsp3) is 0.571. The summed E-state index contributed by atoms with van der Waals surface area (Å²) >= 11 is 6.02. The molecule has 0 atom stereocenters. The molecule has 2 N–H and O–H groups in total. The van der Waals surface area contributed by atoms with Crippen LogP contribution >= 0.6 is 11.6 Å². The van der Waals surface area contributed by atoms with Crippen LogP contribution in [0.25, 0.3) is 0 Å². The molecule has 0 heterocycles. The van der Waals surface area contributed by atoms with Crippen molar-refractivity contribution in [3.63, 3.8) is 0 Å². The first kappa shape index (κ1) is 12.7. The Morgan fingerprint density at radius 3 is 2.71 bits per heavy atom. The summed E-state index contributed by atoms with van der Waals surface area (Å²) in [6, 6.07) is 6.28. The Labute approximate surface area is 109 Å². The summed E-state index contributed by atoms with van der Waals surface area (Å²) in [5.41, 5.74) is 7.99. The molecule has 0 spiro atoms. The van der Waals surface area contributed by atoms with E-state index in [9.17, 15) is 0 Å². The van der Waals surface area contributed by atoms with Crippen LogP contribution < -0.4 is 5.73 Å². The fourth-order valence-corrected chi connectivity index (χ4v) is 2.21. The molecule has 0 unspecified atom stereocenters. The molecule has 1 aromatic carbocycles. The van der Waals surface area contributed by atoms with Gasteiger partial charge in [-0.15, -0.1) is 0 Å². The van der Waals surface area contributed by atoms with Crippen LogP contribution in [-0.4, -0.2) is 17.5 Å². The standard InChI is InChI=1S/C14H21ClN2/c1-10(2)17(8-11-3-4-11)9-12-7-13(15)5-6-14(12)16/h5-7,10-11H,3-4,8-9,16H2,1-2H3. The molecule has 1 saturated carbocycles. The van der Waals surface area contributed by atoms with Gasteiger partial charge in [-0.25, -0.2) is 0 Å². The lowest BCUT2D eigenvalue weighted by atomic mass is 10.1. The van der Waals surface area contributed by atoms with Gasteiger partial charge in [0.2, 0.25) is 0 Å². The first-order chi connectivity index (χ1) is 8.06. The zero-order valence-corrected chi connectivity index (χ0v) is 11.4. The maximum absolute atomic E-state index is 6.02. The van der Waals surface area contributed by atoms with Crippen LogP contribution in [0.4, 0.5) is 5.69 Å². The number of nitrogen functional groups attached to an aromatic ring is 1. The second-order valence-electron chi connectivity index (χ2n) is 5.31. The van der Waals surface area contributed by atoms with E-state index < -0.39 is 0 Å². The van der Waals surface area contributed by atoms with Crippen molar-refractivity contribution in [3.8, 4) is 0 Å². The Morgan fingerprint density at radius 1 is 1.41 bits per heavy atom. The minimum absolute atomic E-state index is 0.550. The van der Waals surface area contributed by atoms with Gasteiger partial charge in [0, 0.05) is 29.8 Å². The number of benzene rings is 1. The largest absolute Gasteiger partial charge is 0.398 e. The lowest BCUT2D eigenvalue weighted by molar-refractivity contribution is 0.204. The predicted molar refractivity (Wildman–Crippen MR) is 74.1 cm³/mol. The molecule has 0 saturated heterocycles. The quantitative estimate of drug-likeness (QED) is 0.813. The van der Waals surface area contributed by atoms with Crippen LogP contribution in [0.2, 0.25) is 5.02 Å². The first-order valence-electron chi connectivity index (χ1n) is 6.34. The van der Waals surface area contributed by atoms with Gasteiger partial charge in [0.05, 0.1) is 0 Å². The second kappa shape index (κ2) is 5.28. The molecular weight excluding hydrogens is 232 g/mol. The van der Waals surface area contributed by atoms with Gasteiger partial charge in [-0.1, -0.05) is 11.6 Å². The SMILES string of the molecule is CC(C)N(Cc1cc(Cl)ccc1N)CC1CC1. The smallest absolute Gasteiger partial charge is 0.0410 e. The third-order valence-electron chi connectivity index (χ3n) is 3.40. The van der Waals surface area contributed by atoms with Crippen LogP contribution in [0.1, 0.15) is 32.3 Å². The fourth-order valence-electron chi connectivity index (χ4n) is 2.02. The molecule has 2 rings (SSSR count). The molecule has 1 aliphatic carbocycles. The zero-order chi connectivity index (χ0) is 12.4. The van der Waals surface area contributed by atoms with Crippen LogP contribution in [0.5, 0.6) is 0 Å². The monoisotopic (exact) mass is 252 g/mol.